The minimum atomic E-state index is -4.54. The van der Waals surface area contributed by atoms with Gasteiger partial charge in [-0.3, -0.25) is 9.69 Å². The third kappa shape index (κ3) is 5.70. The summed E-state index contributed by atoms with van der Waals surface area (Å²) in [6.07, 6.45) is -4.54. The molecule has 208 valence electrons. The van der Waals surface area contributed by atoms with Gasteiger partial charge in [0.1, 0.15) is 18.4 Å². The molecule has 1 aliphatic heterocycles. The number of halogens is 3. The highest BCUT2D eigenvalue weighted by Crippen LogP contribution is 2.48. The van der Waals surface area contributed by atoms with Gasteiger partial charge in [0.2, 0.25) is 0 Å². The number of rotatable bonds is 9. The maximum Gasteiger partial charge on any atom is 0.416 e. The molecule has 6 nitrogen and oxygen atoms in total. The van der Waals surface area contributed by atoms with E-state index in [2.05, 4.69) is 5.18 Å². The summed E-state index contributed by atoms with van der Waals surface area (Å²) in [5.74, 6) is -0.101. The van der Waals surface area contributed by atoms with Crippen LogP contribution in [0.25, 0.3) is 0 Å². The van der Waals surface area contributed by atoms with Gasteiger partial charge in [-0.05, 0) is 53.1 Å². The second-order valence-corrected chi connectivity index (χ2v) is 9.37. The molecule has 0 aliphatic carbocycles. The molecule has 0 radical (unpaired) electrons. The molecule has 0 spiro atoms. The first-order valence-electron chi connectivity index (χ1n) is 12.7. The number of carbonyl (C=O) groups is 1. The average molecular weight is 559 g/mol. The van der Waals surface area contributed by atoms with Crippen molar-refractivity contribution in [3.63, 3.8) is 0 Å². The minimum absolute atomic E-state index is 0.0297. The molecular weight excluding hydrogens is 533 g/mol. The van der Waals surface area contributed by atoms with Crippen molar-refractivity contribution in [3.8, 4) is 5.75 Å². The maximum absolute atomic E-state index is 14.1. The Morgan fingerprint density at radius 3 is 2.02 bits per heavy atom. The molecule has 5 rings (SSSR count). The van der Waals surface area contributed by atoms with Gasteiger partial charge >= 0.3 is 6.18 Å². The lowest BCUT2D eigenvalue weighted by Crippen LogP contribution is -2.31. The van der Waals surface area contributed by atoms with E-state index in [0.29, 0.717) is 16.9 Å². The Balaban J connectivity index is 1.67. The summed E-state index contributed by atoms with van der Waals surface area (Å²) in [4.78, 5) is 28.0. The molecule has 1 heterocycles. The van der Waals surface area contributed by atoms with Crippen molar-refractivity contribution in [2.24, 2.45) is 5.18 Å². The van der Waals surface area contributed by atoms with Crippen LogP contribution in [0.2, 0.25) is 0 Å². The Kier molecular flexibility index (Phi) is 7.87. The lowest BCUT2D eigenvalue weighted by molar-refractivity contribution is -0.137. The van der Waals surface area contributed by atoms with Gasteiger partial charge in [0, 0.05) is 11.3 Å². The quantitative estimate of drug-likeness (QED) is 0.197. The number of hydrogen-bond acceptors (Lipinski definition) is 5. The summed E-state index contributed by atoms with van der Waals surface area (Å²) >= 11 is 0. The van der Waals surface area contributed by atoms with Crippen molar-refractivity contribution in [1.29, 1.82) is 0 Å². The molecule has 1 amide bonds. The second-order valence-electron chi connectivity index (χ2n) is 9.37. The van der Waals surface area contributed by atoms with E-state index >= 15 is 0 Å². The number of hydrogen-bond donors (Lipinski definition) is 0. The molecule has 0 fully saturated rings. The molecule has 0 bridgehead atoms. The van der Waals surface area contributed by atoms with Crippen LogP contribution in [0.3, 0.4) is 0 Å². The van der Waals surface area contributed by atoms with Crippen LogP contribution in [-0.4, -0.2) is 13.0 Å². The molecule has 41 heavy (non-hydrogen) atoms. The highest BCUT2D eigenvalue weighted by molar-refractivity contribution is 6.09. The van der Waals surface area contributed by atoms with Gasteiger partial charge in [0.25, 0.3) is 5.91 Å². The van der Waals surface area contributed by atoms with Gasteiger partial charge < -0.3 is 9.47 Å². The van der Waals surface area contributed by atoms with E-state index in [-0.39, 0.29) is 23.6 Å². The fraction of sp³-hybridized carbons (Fsp3) is 0.156. The van der Waals surface area contributed by atoms with Gasteiger partial charge in [-0.1, -0.05) is 78.0 Å². The first-order chi connectivity index (χ1) is 19.8. The number of ether oxygens (including phenoxy) is 2. The highest BCUT2D eigenvalue weighted by Gasteiger charge is 2.46. The number of carbonyl (C=O) groups excluding carboxylic acids is 1. The Labute approximate surface area is 234 Å². The minimum Gasteiger partial charge on any atom is -0.497 e. The van der Waals surface area contributed by atoms with Crippen LogP contribution >= 0.6 is 0 Å². The van der Waals surface area contributed by atoms with E-state index in [1.807, 2.05) is 30.3 Å². The fourth-order valence-corrected chi connectivity index (χ4v) is 4.89. The first kappa shape index (κ1) is 27.6. The standard InChI is InChI=1S/C32H25F3N2O4/c1-40-26-18-12-22(13-19-26)28(36-39)27-29(23-10-6-3-7-11-23)37(25-16-14-24(15-17-25)32(33,34)35)31(38)30(27)41-20-21-8-4-2-5-9-21/h2-19,28-29H,20H2,1H3. The molecule has 0 saturated carbocycles. The third-order valence-electron chi connectivity index (χ3n) is 6.87. The number of nitrogens with zero attached hydrogens (tertiary/aromatic N) is 2. The summed E-state index contributed by atoms with van der Waals surface area (Å²) in [5, 5.41) is 3.43. The topological polar surface area (TPSA) is 68.2 Å². The largest absolute Gasteiger partial charge is 0.497 e. The van der Waals surface area contributed by atoms with Crippen LogP contribution in [0.15, 0.2) is 126 Å². The molecule has 1 aliphatic rings. The second kappa shape index (κ2) is 11.7. The number of nitroso groups, excluding NO2 is 1. The molecular formula is C32H25F3N2O4. The van der Waals surface area contributed by atoms with E-state index in [0.717, 1.165) is 17.7 Å². The molecule has 0 N–H and O–H groups in total. The van der Waals surface area contributed by atoms with Crippen LogP contribution < -0.4 is 9.64 Å². The van der Waals surface area contributed by atoms with Gasteiger partial charge in [-0.15, -0.1) is 4.91 Å². The zero-order valence-corrected chi connectivity index (χ0v) is 21.9. The first-order valence-corrected chi connectivity index (χ1v) is 12.7. The van der Waals surface area contributed by atoms with Gasteiger partial charge in [0.05, 0.1) is 18.7 Å². The molecule has 2 atom stereocenters. The SMILES string of the molecule is COc1ccc(C(N=O)C2=C(OCc3ccccc3)C(=O)N(c3ccc(C(F)(F)F)cc3)C2c2ccccc2)cc1. The van der Waals surface area contributed by atoms with Crippen LogP contribution in [-0.2, 0) is 22.3 Å². The van der Waals surface area contributed by atoms with Crippen molar-refractivity contribution in [2.75, 3.05) is 12.0 Å². The zero-order chi connectivity index (χ0) is 29.0. The zero-order valence-electron chi connectivity index (χ0n) is 21.9. The van der Waals surface area contributed by atoms with Crippen molar-refractivity contribution in [2.45, 2.75) is 24.9 Å². The Hall–Kier alpha value is -4.92. The third-order valence-corrected chi connectivity index (χ3v) is 6.87. The highest BCUT2D eigenvalue weighted by atomic mass is 19.4. The molecule has 4 aromatic rings. The molecule has 0 saturated heterocycles. The number of amides is 1. The normalized spacial score (nSPS) is 16.0. The number of anilines is 1. The van der Waals surface area contributed by atoms with Crippen molar-refractivity contribution in [3.05, 3.63) is 148 Å². The molecule has 9 heteroatoms. The van der Waals surface area contributed by atoms with Crippen LogP contribution in [0.4, 0.5) is 18.9 Å². The maximum atomic E-state index is 14.1. The Bertz CT molecular complexity index is 1540. The summed E-state index contributed by atoms with van der Waals surface area (Å²) in [5.41, 5.74) is 1.58. The Morgan fingerprint density at radius 2 is 1.46 bits per heavy atom. The van der Waals surface area contributed by atoms with Crippen LogP contribution in [0, 0.1) is 4.91 Å². The predicted octanol–water partition coefficient (Wildman–Crippen LogP) is 7.78. The summed E-state index contributed by atoms with van der Waals surface area (Å²) in [7, 11) is 1.52. The fourth-order valence-electron chi connectivity index (χ4n) is 4.89. The lowest BCUT2D eigenvalue weighted by atomic mass is 9.90. The van der Waals surface area contributed by atoms with E-state index in [4.69, 9.17) is 9.47 Å². The van der Waals surface area contributed by atoms with E-state index in [1.54, 1.807) is 54.6 Å². The van der Waals surface area contributed by atoms with Gasteiger partial charge in [-0.2, -0.15) is 13.2 Å². The number of alkyl halides is 3. The van der Waals surface area contributed by atoms with Gasteiger partial charge in [-0.25, -0.2) is 0 Å². The summed E-state index contributed by atoms with van der Waals surface area (Å²) < 4.78 is 51.4. The number of methoxy groups -OCH3 is 1. The van der Waals surface area contributed by atoms with E-state index < -0.39 is 29.7 Å². The number of benzene rings is 4. The van der Waals surface area contributed by atoms with Crippen molar-refractivity contribution < 1.29 is 27.4 Å². The summed E-state index contributed by atoms with van der Waals surface area (Å²) in [6.45, 7) is 0.0297. The monoisotopic (exact) mass is 558 g/mol. The van der Waals surface area contributed by atoms with E-state index in [9.17, 15) is 22.9 Å². The molecule has 2 unspecified atom stereocenters. The molecule has 4 aromatic carbocycles. The van der Waals surface area contributed by atoms with Crippen LogP contribution in [0.1, 0.15) is 34.3 Å². The smallest absolute Gasteiger partial charge is 0.416 e. The Morgan fingerprint density at radius 1 is 0.854 bits per heavy atom. The summed E-state index contributed by atoms with van der Waals surface area (Å²) in [6, 6.07) is 27.1. The van der Waals surface area contributed by atoms with Crippen molar-refractivity contribution >= 4 is 11.6 Å². The van der Waals surface area contributed by atoms with Crippen LogP contribution in [0.5, 0.6) is 5.75 Å². The van der Waals surface area contributed by atoms with E-state index in [1.165, 1.54) is 24.1 Å². The molecule has 0 aromatic heterocycles. The predicted molar refractivity (Wildman–Crippen MR) is 148 cm³/mol. The van der Waals surface area contributed by atoms with Gasteiger partial charge in [0.15, 0.2) is 5.76 Å². The average Bonchev–Trinajstić information content (AvgIpc) is 3.28. The van der Waals surface area contributed by atoms with Crippen molar-refractivity contribution in [1.82, 2.24) is 0 Å². The lowest BCUT2D eigenvalue weighted by Gasteiger charge is -2.29.